The van der Waals surface area contributed by atoms with Gasteiger partial charge in [0.15, 0.2) is 0 Å². The van der Waals surface area contributed by atoms with Crippen LogP contribution in [0, 0.1) is 22.7 Å². The van der Waals surface area contributed by atoms with Crippen LogP contribution in [-0.2, 0) is 11.8 Å². The van der Waals surface area contributed by atoms with Crippen molar-refractivity contribution in [3.05, 3.63) is 65.5 Å². The first kappa shape index (κ1) is 12.8. The smallest absolute Gasteiger partial charge is 0.0995 e. The number of aromatic nitrogens is 1. The summed E-state index contributed by atoms with van der Waals surface area (Å²) in [4.78, 5) is 3.97. The van der Waals surface area contributed by atoms with Crippen molar-refractivity contribution in [2.45, 2.75) is 18.8 Å². The summed E-state index contributed by atoms with van der Waals surface area (Å²) in [5, 5.41) is 18.7. The molecule has 1 unspecified atom stereocenters. The van der Waals surface area contributed by atoms with Gasteiger partial charge in [-0.15, -0.1) is 0 Å². The molecule has 3 heteroatoms. The molecule has 0 radical (unpaired) electrons. The summed E-state index contributed by atoms with van der Waals surface area (Å²) in [7, 11) is 0. The molecule has 0 saturated heterocycles. The Bertz CT molecular complexity index is 650. The Morgan fingerprint density at radius 3 is 2.42 bits per heavy atom. The third-order valence-corrected chi connectivity index (χ3v) is 3.20. The van der Waals surface area contributed by atoms with Crippen LogP contribution >= 0.6 is 0 Å². The molecular formula is C16H13N3. The Morgan fingerprint density at radius 1 is 1.11 bits per heavy atom. The highest BCUT2D eigenvalue weighted by molar-refractivity contribution is 5.46. The lowest BCUT2D eigenvalue weighted by Gasteiger charge is -2.23. The van der Waals surface area contributed by atoms with Crippen LogP contribution in [0.2, 0.25) is 0 Å². The molecule has 0 aliphatic heterocycles. The normalized spacial score (nSPS) is 13.0. The van der Waals surface area contributed by atoms with Crippen LogP contribution < -0.4 is 0 Å². The number of nitrogens with zero attached hydrogens (tertiary/aromatic N) is 3. The molecule has 19 heavy (non-hydrogen) atoms. The number of benzene rings is 1. The summed E-state index contributed by atoms with van der Waals surface area (Å²) >= 11 is 0. The summed E-state index contributed by atoms with van der Waals surface area (Å²) in [5.74, 6) is 0. The van der Waals surface area contributed by atoms with Gasteiger partial charge in [-0.05, 0) is 42.7 Å². The Morgan fingerprint density at radius 2 is 1.79 bits per heavy atom. The molecule has 1 heterocycles. The van der Waals surface area contributed by atoms with Crippen molar-refractivity contribution in [3.8, 4) is 12.1 Å². The quantitative estimate of drug-likeness (QED) is 0.837. The molecular weight excluding hydrogens is 234 g/mol. The van der Waals surface area contributed by atoms with Crippen LogP contribution in [0.3, 0.4) is 0 Å². The molecule has 0 aliphatic rings. The van der Waals surface area contributed by atoms with Gasteiger partial charge < -0.3 is 0 Å². The predicted molar refractivity (Wildman–Crippen MR) is 72.1 cm³/mol. The molecule has 0 aliphatic carbocycles. The predicted octanol–water partition coefficient (Wildman–Crippen LogP) is 2.98. The van der Waals surface area contributed by atoms with E-state index in [9.17, 15) is 10.5 Å². The molecule has 2 rings (SSSR count). The average Bonchev–Trinajstić information content (AvgIpc) is 2.48. The van der Waals surface area contributed by atoms with Crippen LogP contribution in [0.15, 0.2) is 48.8 Å². The van der Waals surface area contributed by atoms with Gasteiger partial charge in [-0.25, -0.2) is 0 Å². The topological polar surface area (TPSA) is 60.5 Å². The zero-order chi connectivity index (χ0) is 13.7. The number of pyridine rings is 1. The lowest BCUT2D eigenvalue weighted by Crippen LogP contribution is -2.24. The SMILES string of the molecule is CC(C#N)(Cc1ccncc1)c1ccccc1C#N. The van der Waals surface area contributed by atoms with E-state index in [-0.39, 0.29) is 0 Å². The van der Waals surface area contributed by atoms with Gasteiger partial charge in [0, 0.05) is 12.4 Å². The van der Waals surface area contributed by atoms with E-state index in [1.54, 1.807) is 18.5 Å². The molecule has 0 saturated carbocycles. The highest BCUT2D eigenvalue weighted by atomic mass is 14.6. The number of rotatable bonds is 3. The zero-order valence-electron chi connectivity index (χ0n) is 10.7. The van der Waals surface area contributed by atoms with E-state index in [1.807, 2.05) is 37.3 Å². The highest BCUT2D eigenvalue weighted by Gasteiger charge is 2.29. The average molecular weight is 247 g/mol. The van der Waals surface area contributed by atoms with Gasteiger partial charge in [-0.1, -0.05) is 18.2 Å². The van der Waals surface area contributed by atoms with Gasteiger partial charge in [0.25, 0.3) is 0 Å². The Hall–Kier alpha value is -2.65. The number of hydrogen-bond acceptors (Lipinski definition) is 3. The van der Waals surface area contributed by atoms with Crippen molar-refractivity contribution in [1.82, 2.24) is 4.98 Å². The first-order valence-electron chi connectivity index (χ1n) is 5.99. The van der Waals surface area contributed by atoms with E-state index < -0.39 is 5.41 Å². The maximum absolute atomic E-state index is 9.54. The van der Waals surface area contributed by atoms with Crippen molar-refractivity contribution in [2.75, 3.05) is 0 Å². The molecule has 1 aromatic carbocycles. The van der Waals surface area contributed by atoms with E-state index in [0.29, 0.717) is 12.0 Å². The van der Waals surface area contributed by atoms with Crippen molar-refractivity contribution in [2.24, 2.45) is 0 Å². The van der Waals surface area contributed by atoms with Crippen LogP contribution in [0.1, 0.15) is 23.6 Å². The Kier molecular flexibility index (Phi) is 3.59. The zero-order valence-corrected chi connectivity index (χ0v) is 10.7. The van der Waals surface area contributed by atoms with Crippen molar-refractivity contribution < 1.29 is 0 Å². The van der Waals surface area contributed by atoms with Gasteiger partial charge in [0.05, 0.1) is 23.1 Å². The minimum atomic E-state index is -0.715. The molecule has 2 aromatic rings. The maximum Gasteiger partial charge on any atom is 0.0995 e. The molecule has 0 spiro atoms. The Labute approximate surface area is 112 Å². The fourth-order valence-electron chi connectivity index (χ4n) is 2.17. The van der Waals surface area contributed by atoms with Gasteiger partial charge in [0.2, 0.25) is 0 Å². The molecule has 0 amide bonds. The number of hydrogen-bond donors (Lipinski definition) is 0. The molecule has 92 valence electrons. The molecule has 1 atom stereocenters. The van der Waals surface area contributed by atoms with Crippen LogP contribution in [0.5, 0.6) is 0 Å². The fraction of sp³-hybridized carbons (Fsp3) is 0.188. The molecule has 0 fully saturated rings. The lowest BCUT2D eigenvalue weighted by atomic mass is 9.77. The van der Waals surface area contributed by atoms with Crippen molar-refractivity contribution in [1.29, 1.82) is 10.5 Å². The van der Waals surface area contributed by atoms with Gasteiger partial charge in [-0.3, -0.25) is 4.98 Å². The van der Waals surface area contributed by atoms with Crippen LogP contribution in [-0.4, -0.2) is 4.98 Å². The third kappa shape index (κ3) is 2.61. The van der Waals surface area contributed by atoms with E-state index in [1.165, 1.54) is 0 Å². The summed E-state index contributed by atoms with van der Waals surface area (Å²) in [6, 6.07) is 15.6. The van der Waals surface area contributed by atoms with E-state index in [4.69, 9.17) is 0 Å². The maximum atomic E-state index is 9.54. The third-order valence-electron chi connectivity index (χ3n) is 3.20. The minimum absolute atomic E-state index is 0.556. The van der Waals surface area contributed by atoms with Gasteiger partial charge in [-0.2, -0.15) is 10.5 Å². The van der Waals surface area contributed by atoms with Crippen molar-refractivity contribution >= 4 is 0 Å². The minimum Gasteiger partial charge on any atom is -0.265 e. The van der Waals surface area contributed by atoms with E-state index in [0.717, 1.165) is 11.1 Å². The molecule has 0 bridgehead atoms. The molecule has 0 N–H and O–H groups in total. The summed E-state index contributed by atoms with van der Waals surface area (Å²) in [6.07, 6.45) is 3.98. The monoisotopic (exact) mass is 247 g/mol. The number of nitriles is 2. The molecule has 3 nitrogen and oxygen atoms in total. The van der Waals surface area contributed by atoms with E-state index >= 15 is 0 Å². The second-order valence-corrected chi connectivity index (χ2v) is 4.63. The van der Waals surface area contributed by atoms with Gasteiger partial charge >= 0.3 is 0 Å². The second-order valence-electron chi connectivity index (χ2n) is 4.63. The summed E-state index contributed by atoms with van der Waals surface area (Å²) < 4.78 is 0. The van der Waals surface area contributed by atoms with Crippen LogP contribution in [0.25, 0.3) is 0 Å². The molecule has 1 aromatic heterocycles. The second kappa shape index (κ2) is 5.33. The van der Waals surface area contributed by atoms with E-state index in [2.05, 4.69) is 17.1 Å². The first-order chi connectivity index (χ1) is 9.19. The summed E-state index contributed by atoms with van der Waals surface area (Å²) in [6.45, 7) is 1.86. The Balaban J connectivity index is 2.44. The first-order valence-corrected chi connectivity index (χ1v) is 5.99. The standard InChI is InChI=1S/C16H13N3/c1-16(12-18,10-13-6-8-19-9-7-13)15-5-3-2-4-14(15)11-17/h2-9H,10H2,1H3. The van der Waals surface area contributed by atoms with Crippen LogP contribution in [0.4, 0.5) is 0 Å². The van der Waals surface area contributed by atoms with Crippen molar-refractivity contribution in [3.63, 3.8) is 0 Å². The lowest BCUT2D eigenvalue weighted by molar-refractivity contribution is 0.604. The largest absolute Gasteiger partial charge is 0.265 e. The highest BCUT2D eigenvalue weighted by Crippen LogP contribution is 2.29. The van der Waals surface area contributed by atoms with Gasteiger partial charge in [0.1, 0.15) is 0 Å². The fourth-order valence-corrected chi connectivity index (χ4v) is 2.17. The summed E-state index contributed by atoms with van der Waals surface area (Å²) in [5.41, 5.74) is 1.65.